The molecular formula is C18H21NO2. The summed E-state index contributed by atoms with van der Waals surface area (Å²) in [6.45, 7) is 1.91. The van der Waals surface area contributed by atoms with Crippen LogP contribution in [-0.2, 0) is 16.0 Å². The minimum Gasteiger partial charge on any atom is -0.457 e. The van der Waals surface area contributed by atoms with Crippen molar-refractivity contribution in [3.05, 3.63) is 65.7 Å². The number of carbonyl (C=O) groups is 1. The fraction of sp³-hybridized carbons (Fsp3) is 0.278. The molecule has 0 fully saturated rings. The van der Waals surface area contributed by atoms with Crippen LogP contribution in [0.5, 0.6) is 0 Å². The molecule has 0 aliphatic heterocycles. The van der Waals surface area contributed by atoms with Gasteiger partial charge in [-0.2, -0.15) is 0 Å². The monoisotopic (exact) mass is 283 g/mol. The van der Waals surface area contributed by atoms with Gasteiger partial charge in [0.25, 0.3) is 0 Å². The maximum Gasteiger partial charge on any atom is 0.310 e. The van der Waals surface area contributed by atoms with E-state index in [9.17, 15) is 4.79 Å². The Balaban J connectivity index is 2.04. The Kier molecular flexibility index (Phi) is 4.99. The zero-order valence-electron chi connectivity index (χ0n) is 12.7. The number of hydrogen-bond acceptors (Lipinski definition) is 3. The lowest BCUT2D eigenvalue weighted by molar-refractivity contribution is -0.147. The lowest BCUT2D eigenvalue weighted by atomic mass is 10.1. The van der Waals surface area contributed by atoms with Crippen molar-refractivity contribution in [1.29, 1.82) is 0 Å². The molecular weight excluding hydrogens is 262 g/mol. The third kappa shape index (κ3) is 4.09. The summed E-state index contributed by atoms with van der Waals surface area (Å²) >= 11 is 0. The molecule has 1 unspecified atom stereocenters. The predicted octanol–water partition coefficient (Wildman–Crippen LogP) is 3.60. The number of carbonyl (C=O) groups excluding carboxylic acids is 1. The third-order valence-electron chi connectivity index (χ3n) is 3.36. The Labute approximate surface area is 126 Å². The number of benzene rings is 2. The molecule has 0 N–H and O–H groups in total. The first-order valence-corrected chi connectivity index (χ1v) is 7.07. The summed E-state index contributed by atoms with van der Waals surface area (Å²) in [5.74, 6) is -0.206. The SMILES string of the molecule is CC(OC(=O)Cc1ccccc1)c1ccccc1N(C)C. The number of nitrogens with zero attached hydrogens (tertiary/aromatic N) is 1. The zero-order chi connectivity index (χ0) is 15.2. The molecule has 3 nitrogen and oxygen atoms in total. The summed E-state index contributed by atoms with van der Waals surface area (Å²) in [6.07, 6.45) is 0.0368. The molecule has 3 heteroatoms. The quantitative estimate of drug-likeness (QED) is 0.785. The second kappa shape index (κ2) is 6.93. The van der Waals surface area contributed by atoms with Crippen LogP contribution in [0.1, 0.15) is 24.2 Å². The summed E-state index contributed by atoms with van der Waals surface area (Å²) in [5, 5.41) is 0. The molecule has 0 heterocycles. The van der Waals surface area contributed by atoms with Crippen LogP contribution in [0, 0.1) is 0 Å². The largest absolute Gasteiger partial charge is 0.457 e. The first-order valence-electron chi connectivity index (χ1n) is 7.07. The van der Waals surface area contributed by atoms with E-state index in [1.807, 2.05) is 80.5 Å². The minimum absolute atomic E-state index is 0.206. The van der Waals surface area contributed by atoms with Gasteiger partial charge in [0.05, 0.1) is 6.42 Å². The summed E-state index contributed by atoms with van der Waals surface area (Å²) in [7, 11) is 3.97. The highest BCUT2D eigenvalue weighted by molar-refractivity contribution is 5.73. The Morgan fingerprint density at radius 3 is 2.33 bits per heavy atom. The van der Waals surface area contributed by atoms with Gasteiger partial charge >= 0.3 is 5.97 Å². The van der Waals surface area contributed by atoms with Crippen molar-refractivity contribution in [2.45, 2.75) is 19.4 Å². The number of ether oxygens (including phenoxy) is 1. The minimum atomic E-state index is -0.264. The van der Waals surface area contributed by atoms with Crippen LogP contribution < -0.4 is 4.90 Å². The molecule has 0 amide bonds. The van der Waals surface area contributed by atoms with Crippen LogP contribution >= 0.6 is 0 Å². The third-order valence-corrected chi connectivity index (χ3v) is 3.36. The normalized spacial score (nSPS) is 11.8. The van der Waals surface area contributed by atoms with E-state index in [0.29, 0.717) is 6.42 Å². The van der Waals surface area contributed by atoms with Crippen LogP contribution in [0.2, 0.25) is 0 Å². The van der Waals surface area contributed by atoms with Crippen molar-refractivity contribution in [1.82, 2.24) is 0 Å². The average molecular weight is 283 g/mol. The van der Waals surface area contributed by atoms with Gasteiger partial charge in [-0.05, 0) is 18.6 Å². The second-order valence-electron chi connectivity index (χ2n) is 5.25. The van der Waals surface area contributed by atoms with Gasteiger partial charge in [0.15, 0.2) is 0 Å². The molecule has 110 valence electrons. The number of hydrogen-bond donors (Lipinski definition) is 0. The molecule has 2 aromatic rings. The van der Waals surface area contributed by atoms with Crippen LogP contribution in [0.15, 0.2) is 54.6 Å². The molecule has 0 spiro atoms. The van der Waals surface area contributed by atoms with Crippen molar-refractivity contribution in [3.63, 3.8) is 0 Å². The second-order valence-corrected chi connectivity index (χ2v) is 5.25. The highest BCUT2D eigenvalue weighted by Gasteiger charge is 2.16. The standard InChI is InChI=1S/C18H21NO2/c1-14(16-11-7-8-12-17(16)19(2)3)21-18(20)13-15-9-5-4-6-10-15/h4-12,14H,13H2,1-3H3. The van der Waals surface area contributed by atoms with Crippen LogP contribution in [-0.4, -0.2) is 20.1 Å². The van der Waals surface area contributed by atoms with E-state index in [1.165, 1.54) is 0 Å². The summed E-state index contributed by atoms with van der Waals surface area (Å²) < 4.78 is 5.57. The Bertz CT molecular complexity index is 593. The van der Waals surface area contributed by atoms with Gasteiger partial charge in [0.2, 0.25) is 0 Å². The van der Waals surface area contributed by atoms with E-state index < -0.39 is 0 Å². The van der Waals surface area contributed by atoms with Gasteiger partial charge in [-0.1, -0.05) is 48.5 Å². The molecule has 0 saturated carbocycles. The predicted molar refractivity (Wildman–Crippen MR) is 85.4 cm³/mol. The molecule has 2 rings (SSSR count). The van der Waals surface area contributed by atoms with Crippen molar-refractivity contribution < 1.29 is 9.53 Å². The van der Waals surface area contributed by atoms with Gasteiger partial charge in [0, 0.05) is 25.3 Å². The van der Waals surface area contributed by atoms with Crippen LogP contribution in [0.25, 0.3) is 0 Å². The van der Waals surface area contributed by atoms with E-state index in [0.717, 1.165) is 16.8 Å². The van der Waals surface area contributed by atoms with Crippen molar-refractivity contribution in [2.24, 2.45) is 0 Å². The van der Waals surface area contributed by atoms with E-state index in [1.54, 1.807) is 0 Å². The molecule has 2 aromatic carbocycles. The lowest BCUT2D eigenvalue weighted by Gasteiger charge is -2.21. The Hall–Kier alpha value is -2.29. The maximum atomic E-state index is 12.0. The number of rotatable bonds is 5. The van der Waals surface area contributed by atoms with Crippen molar-refractivity contribution in [2.75, 3.05) is 19.0 Å². The van der Waals surface area contributed by atoms with Gasteiger partial charge in [0.1, 0.15) is 6.10 Å². The fourth-order valence-corrected chi connectivity index (χ4v) is 2.30. The van der Waals surface area contributed by atoms with Crippen LogP contribution in [0.3, 0.4) is 0 Å². The van der Waals surface area contributed by atoms with Gasteiger partial charge in [-0.3, -0.25) is 4.79 Å². The van der Waals surface area contributed by atoms with Crippen molar-refractivity contribution in [3.8, 4) is 0 Å². The van der Waals surface area contributed by atoms with Gasteiger partial charge < -0.3 is 9.64 Å². The number of para-hydroxylation sites is 1. The fourth-order valence-electron chi connectivity index (χ4n) is 2.30. The molecule has 0 aliphatic carbocycles. The molecule has 0 radical (unpaired) electrons. The van der Waals surface area contributed by atoms with Gasteiger partial charge in [-0.15, -0.1) is 0 Å². The smallest absolute Gasteiger partial charge is 0.310 e. The molecule has 0 bridgehead atoms. The molecule has 0 aromatic heterocycles. The summed E-state index contributed by atoms with van der Waals surface area (Å²) in [5.41, 5.74) is 3.05. The van der Waals surface area contributed by atoms with E-state index >= 15 is 0 Å². The number of anilines is 1. The van der Waals surface area contributed by atoms with Gasteiger partial charge in [-0.25, -0.2) is 0 Å². The van der Waals surface area contributed by atoms with E-state index in [-0.39, 0.29) is 12.1 Å². The van der Waals surface area contributed by atoms with Crippen LogP contribution in [0.4, 0.5) is 5.69 Å². The van der Waals surface area contributed by atoms with E-state index in [4.69, 9.17) is 4.74 Å². The molecule has 1 atom stereocenters. The summed E-state index contributed by atoms with van der Waals surface area (Å²) in [4.78, 5) is 14.1. The zero-order valence-corrected chi connectivity index (χ0v) is 12.7. The molecule has 0 aliphatic rings. The maximum absolute atomic E-state index is 12.0. The Morgan fingerprint density at radius 1 is 1.05 bits per heavy atom. The lowest BCUT2D eigenvalue weighted by Crippen LogP contribution is -2.16. The highest BCUT2D eigenvalue weighted by Crippen LogP contribution is 2.27. The summed E-state index contributed by atoms with van der Waals surface area (Å²) in [6, 6.07) is 17.6. The first-order chi connectivity index (χ1) is 10.1. The molecule has 21 heavy (non-hydrogen) atoms. The highest BCUT2D eigenvalue weighted by atomic mass is 16.5. The molecule has 0 saturated heterocycles. The topological polar surface area (TPSA) is 29.5 Å². The average Bonchev–Trinajstić information content (AvgIpc) is 2.48. The van der Waals surface area contributed by atoms with E-state index in [2.05, 4.69) is 0 Å². The van der Waals surface area contributed by atoms with Crippen molar-refractivity contribution >= 4 is 11.7 Å². The number of esters is 1. The Morgan fingerprint density at radius 2 is 1.67 bits per heavy atom. The first kappa shape index (κ1) is 15.1.